The van der Waals surface area contributed by atoms with Crippen molar-refractivity contribution in [2.75, 3.05) is 6.54 Å². The van der Waals surface area contributed by atoms with Crippen LogP contribution in [-0.4, -0.2) is 49.5 Å². The minimum absolute atomic E-state index is 0.254. The van der Waals surface area contributed by atoms with Crippen LogP contribution in [0.1, 0.15) is 35.8 Å². The number of carboxylic acids is 1. The average molecular weight is 328 g/mol. The van der Waals surface area contributed by atoms with Gasteiger partial charge in [0.1, 0.15) is 0 Å². The molecule has 3 rings (SSSR count). The van der Waals surface area contributed by atoms with E-state index in [4.69, 9.17) is 0 Å². The van der Waals surface area contributed by atoms with Crippen molar-refractivity contribution < 1.29 is 14.7 Å². The molecule has 1 amide bonds. The second-order valence-electron chi connectivity index (χ2n) is 6.11. The number of aromatic nitrogens is 3. The minimum atomic E-state index is -0.854. The molecule has 126 valence electrons. The zero-order chi connectivity index (χ0) is 17.1. The minimum Gasteiger partial charge on any atom is -0.481 e. The van der Waals surface area contributed by atoms with Crippen molar-refractivity contribution in [1.29, 1.82) is 0 Å². The van der Waals surface area contributed by atoms with Crippen LogP contribution in [0.25, 0.3) is 0 Å². The molecule has 0 aliphatic carbocycles. The number of nitrogens with zero attached hydrogens (tertiary/aromatic N) is 4. The largest absolute Gasteiger partial charge is 0.481 e. The number of carbonyl (C=O) groups excluding carboxylic acids is 1. The Hall–Kier alpha value is -2.70. The predicted octanol–water partition coefficient (Wildman–Crippen LogP) is 1.65. The molecule has 1 N–H and O–H groups in total. The molecule has 7 nitrogen and oxygen atoms in total. The van der Waals surface area contributed by atoms with Gasteiger partial charge in [-0.3, -0.25) is 9.59 Å². The van der Waals surface area contributed by atoms with Crippen molar-refractivity contribution >= 4 is 11.9 Å². The van der Waals surface area contributed by atoms with Crippen LogP contribution in [0.5, 0.6) is 0 Å². The number of likely N-dealkylation sites (tertiary alicyclic amines) is 1. The lowest BCUT2D eigenvalue weighted by molar-refractivity contribution is -0.144. The first-order valence-corrected chi connectivity index (χ1v) is 8.04. The van der Waals surface area contributed by atoms with Gasteiger partial charge in [0.25, 0.3) is 5.91 Å². The molecular formula is C17H20N4O3. The smallest absolute Gasteiger partial charge is 0.308 e. The fraction of sp³-hybridized carbons (Fsp3) is 0.412. The van der Waals surface area contributed by atoms with Gasteiger partial charge in [0, 0.05) is 12.6 Å². The Bertz CT molecular complexity index is 728. The van der Waals surface area contributed by atoms with Gasteiger partial charge in [-0.15, -0.1) is 5.10 Å². The first kappa shape index (κ1) is 16.2. The maximum absolute atomic E-state index is 12.7. The van der Waals surface area contributed by atoms with E-state index in [2.05, 4.69) is 10.3 Å². The topological polar surface area (TPSA) is 88.3 Å². The lowest BCUT2D eigenvalue weighted by Gasteiger charge is -2.36. The molecular weight excluding hydrogens is 308 g/mol. The summed E-state index contributed by atoms with van der Waals surface area (Å²) >= 11 is 0. The van der Waals surface area contributed by atoms with Crippen molar-refractivity contribution in [2.45, 2.75) is 32.4 Å². The van der Waals surface area contributed by atoms with Gasteiger partial charge in [-0.1, -0.05) is 35.5 Å². The summed E-state index contributed by atoms with van der Waals surface area (Å²) in [6.45, 7) is 2.87. The van der Waals surface area contributed by atoms with Gasteiger partial charge in [-0.2, -0.15) is 0 Å². The normalized spacial score (nSPS) is 20.8. The van der Waals surface area contributed by atoms with Crippen LogP contribution in [0.15, 0.2) is 36.5 Å². The van der Waals surface area contributed by atoms with E-state index in [1.807, 2.05) is 30.3 Å². The van der Waals surface area contributed by atoms with Crippen molar-refractivity contribution in [3.05, 3.63) is 47.8 Å². The maximum atomic E-state index is 12.7. The Morgan fingerprint density at radius 2 is 2.04 bits per heavy atom. The number of hydrogen-bond acceptors (Lipinski definition) is 4. The van der Waals surface area contributed by atoms with Gasteiger partial charge in [0.2, 0.25) is 0 Å². The number of aliphatic carboxylic acids is 1. The molecule has 1 aromatic heterocycles. The van der Waals surface area contributed by atoms with Gasteiger partial charge in [0.15, 0.2) is 5.69 Å². The molecule has 0 radical (unpaired) electrons. The van der Waals surface area contributed by atoms with Crippen molar-refractivity contribution in [1.82, 2.24) is 19.9 Å². The fourth-order valence-corrected chi connectivity index (χ4v) is 3.15. The predicted molar refractivity (Wildman–Crippen MR) is 86.4 cm³/mol. The molecule has 0 spiro atoms. The van der Waals surface area contributed by atoms with Crippen LogP contribution in [-0.2, 0) is 11.3 Å². The van der Waals surface area contributed by atoms with Gasteiger partial charge in [-0.05, 0) is 25.3 Å². The van der Waals surface area contributed by atoms with E-state index in [0.717, 1.165) is 5.56 Å². The Kier molecular flexibility index (Phi) is 4.59. The first-order valence-electron chi connectivity index (χ1n) is 8.04. The molecule has 1 saturated heterocycles. The van der Waals surface area contributed by atoms with Gasteiger partial charge in [0.05, 0.1) is 18.7 Å². The van der Waals surface area contributed by atoms with E-state index in [1.165, 1.54) is 0 Å². The summed E-state index contributed by atoms with van der Waals surface area (Å²) in [5.41, 5.74) is 1.32. The average Bonchev–Trinajstić information content (AvgIpc) is 3.03. The van der Waals surface area contributed by atoms with E-state index in [-0.39, 0.29) is 17.6 Å². The third kappa shape index (κ3) is 3.29. The second kappa shape index (κ2) is 6.82. The van der Waals surface area contributed by atoms with Crippen LogP contribution in [0.4, 0.5) is 0 Å². The zero-order valence-electron chi connectivity index (χ0n) is 13.5. The third-order valence-corrected chi connectivity index (χ3v) is 4.51. The fourth-order valence-electron chi connectivity index (χ4n) is 3.15. The van der Waals surface area contributed by atoms with Gasteiger partial charge in [-0.25, -0.2) is 4.68 Å². The highest BCUT2D eigenvalue weighted by Crippen LogP contribution is 2.25. The molecule has 0 saturated carbocycles. The van der Waals surface area contributed by atoms with E-state index in [9.17, 15) is 14.7 Å². The summed E-state index contributed by atoms with van der Waals surface area (Å²) in [6, 6.07) is 9.44. The number of carboxylic acid groups (broad SMARTS) is 1. The molecule has 1 aliphatic heterocycles. The van der Waals surface area contributed by atoms with E-state index in [0.29, 0.717) is 25.9 Å². The summed E-state index contributed by atoms with van der Waals surface area (Å²) in [6.07, 6.45) is 2.90. The van der Waals surface area contributed by atoms with Crippen molar-refractivity contribution in [3.8, 4) is 0 Å². The first-order chi connectivity index (χ1) is 11.6. The van der Waals surface area contributed by atoms with E-state index in [1.54, 1.807) is 22.7 Å². The lowest BCUT2D eigenvalue weighted by Crippen LogP contribution is -2.49. The van der Waals surface area contributed by atoms with Crippen LogP contribution in [0.3, 0.4) is 0 Å². The highest BCUT2D eigenvalue weighted by Gasteiger charge is 2.36. The van der Waals surface area contributed by atoms with E-state index >= 15 is 0 Å². The highest BCUT2D eigenvalue weighted by molar-refractivity contribution is 5.92. The molecule has 1 fully saturated rings. The summed E-state index contributed by atoms with van der Waals surface area (Å²) in [7, 11) is 0. The maximum Gasteiger partial charge on any atom is 0.308 e. The quantitative estimate of drug-likeness (QED) is 0.922. The molecule has 2 atom stereocenters. The van der Waals surface area contributed by atoms with Crippen LogP contribution >= 0.6 is 0 Å². The Morgan fingerprint density at radius 1 is 1.29 bits per heavy atom. The SMILES string of the molecule is C[C@@H]1[C@H](C(=O)O)CCCN1C(=O)c1cn(Cc2ccccc2)nn1. The number of piperidine rings is 1. The lowest BCUT2D eigenvalue weighted by atomic mass is 9.90. The molecule has 2 aromatic rings. The number of benzene rings is 1. The molecule has 7 heteroatoms. The summed E-state index contributed by atoms with van der Waals surface area (Å²) in [5.74, 6) is -1.64. The summed E-state index contributed by atoms with van der Waals surface area (Å²) in [5, 5.41) is 17.3. The number of carbonyl (C=O) groups is 2. The van der Waals surface area contributed by atoms with E-state index < -0.39 is 11.9 Å². The number of hydrogen-bond donors (Lipinski definition) is 1. The molecule has 0 unspecified atom stereocenters. The Labute approximate surface area is 139 Å². The summed E-state index contributed by atoms with van der Waals surface area (Å²) < 4.78 is 1.62. The standard InChI is InChI=1S/C17H20N4O3/c1-12-14(17(23)24)8-5-9-21(12)16(22)15-11-20(19-18-15)10-13-6-3-2-4-7-13/h2-4,6-7,11-12,14H,5,8-10H2,1H3,(H,23,24)/t12-,14-/m1/s1. The number of rotatable bonds is 4. The van der Waals surface area contributed by atoms with Crippen LogP contribution < -0.4 is 0 Å². The van der Waals surface area contributed by atoms with Gasteiger partial charge >= 0.3 is 5.97 Å². The molecule has 24 heavy (non-hydrogen) atoms. The Balaban J connectivity index is 1.72. The monoisotopic (exact) mass is 328 g/mol. The zero-order valence-corrected chi connectivity index (χ0v) is 13.5. The molecule has 0 bridgehead atoms. The molecule has 1 aromatic carbocycles. The third-order valence-electron chi connectivity index (χ3n) is 4.51. The van der Waals surface area contributed by atoms with Crippen molar-refractivity contribution in [3.63, 3.8) is 0 Å². The Morgan fingerprint density at radius 3 is 2.75 bits per heavy atom. The van der Waals surface area contributed by atoms with Crippen LogP contribution in [0.2, 0.25) is 0 Å². The molecule has 1 aliphatic rings. The molecule has 2 heterocycles. The van der Waals surface area contributed by atoms with Crippen LogP contribution in [0, 0.1) is 5.92 Å². The highest BCUT2D eigenvalue weighted by atomic mass is 16.4. The number of amides is 1. The van der Waals surface area contributed by atoms with Gasteiger partial charge < -0.3 is 10.0 Å². The van der Waals surface area contributed by atoms with Crippen molar-refractivity contribution in [2.24, 2.45) is 5.92 Å². The summed E-state index contributed by atoms with van der Waals surface area (Å²) in [4.78, 5) is 25.6. The second-order valence-corrected chi connectivity index (χ2v) is 6.11.